The first-order valence-electron chi connectivity index (χ1n) is 5.95. The van der Waals surface area contributed by atoms with E-state index in [2.05, 4.69) is 15.5 Å². The minimum Gasteiger partial charge on any atom is -0.360 e. The summed E-state index contributed by atoms with van der Waals surface area (Å²) in [4.78, 5) is 28.9. The van der Waals surface area contributed by atoms with E-state index in [1.807, 2.05) is 0 Å². The Morgan fingerprint density at radius 1 is 1.35 bits per heavy atom. The van der Waals surface area contributed by atoms with Gasteiger partial charge in [-0.25, -0.2) is 0 Å². The van der Waals surface area contributed by atoms with Crippen LogP contribution in [0.1, 0.15) is 16.1 Å². The fourth-order valence-corrected chi connectivity index (χ4v) is 1.61. The Labute approximate surface area is 115 Å². The quantitative estimate of drug-likeness (QED) is 0.901. The predicted octanol–water partition coefficient (Wildman–Crippen LogP) is 1.09. The van der Waals surface area contributed by atoms with Crippen molar-refractivity contribution in [3.8, 4) is 0 Å². The first kappa shape index (κ1) is 13.7. The Hall–Kier alpha value is -2.70. The van der Waals surface area contributed by atoms with Crippen molar-refractivity contribution in [2.24, 2.45) is 0 Å². The summed E-state index contributed by atoms with van der Waals surface area (Å²) >= 11 is 0. The third kappa shape index (κ3) is 3.41. The number of likely N-dealkylation sites (N-methyl/N-ethyl adjacent to an activating group) is 1. The second-order valence-electron chi connectivity index (χ2n) is 4.27. The SMILES string of the molecule is Cc1cc(NC(=O)CN(C)C(=O)c2ccncc2)no1. The molecule has 0 spiro atoms. The van der Waals surface area contributed by atoms with Crippen LogP contribution in [-0.4, -0.2) is 40.4 Å². The third-order valence-electron chi connectivity index (χ3n) is 2.55. The fraction of sp³-hybridized carbons (Fsp3) is 0.231. The number of amides is 2. The van der Waals surface area contributed by atoms with Crippen LogP contribution in [0.4, 0.5) is 5.82 Å². The largest absolute Gasteiger partial charge is 0.360 e. The molecule has 20 heavy (non-hydrogen) atoms. The van der Waals surface area contributed by atoms with E-state index in [0.29, 0.717) is 17.1 Å². The number of hydrogen-bond donors (Lipinski definition) is 1. The number of anilines is 1. The average molecular weight is 274 g/mol. The van der Waals surface area contributed by atoms with Crippen molar-refractivity contribution in [1.82, 2.24) is 15.0 Å². The van der Waals surface area contributed by atoms with Gasteiger partial charge < -0.3 is 14.7 Å². The van der Waals surface area contributed by atoms with Crippen molar-refractivity contribution in [3.63, 3.8) is 0 Å². The molecule has 0 saturated carbocycles. The predicted molar refractivity (Wildman–Crippen MR) is 71.1 cm³/mol. The van der Waals surface area contributed by atoms with Crippen LogP contribution in [0.25, 0.3) is 0 Å². The number of hydrogen-bond acceptors (Lipinski definition) is 5. The molecule has 0 saturated heterocycles. The highest BCUT2D eigenvalue weighted by molar-refractivity contribution is 5.98. The van der Waals surface area contributed by atoms with Crippen molar-refractivity contribution in [2.75, 3.05) is 18.9 Å². The van der Waals surface area contributed by atoms with Crippen molar-refractivity contribution >= 4 is 17.6 Å². The van der Waals surface area contributed by atoms with Gasteiger partial charge in [-0.3, -0.25) is 14.6 Å². The van der Waals surface area contributed by atoms with Gasteiger partial charge in [0.1, 0.15) is 5.76 Å². The molecular weight excluding hydrogens is 260 g/mol. The summed E-state index contributed by atoms with van der Waals surface area (Å²) in [6.45, 7) is 1.65. The lowest BCUT2D eigenvalue weighted by atomic mass is 10.2. The van der Waals surface area contributed by atoms with Gasteiger partial charge in [0.05, 0.1) is 6.54 Å². The lowest BCUT2D eigenvalue weighted by molar-refractivity contribution is -0.116. The molecule has 7 nitrogen and oxygen atoms in total. The van der Waals surface area contributed by atoms with Gasteiger partial charge in [0.15, 0.2) is 5.82 Å². The van der Waals surface area contributed by atoms with Gasteiger partial charge >= 0.3 is 0 Å². The zero-order chi connectivity index (χ0) is 14.5. The van der Waals surface area contributed by atoms with Gasteiger partial charge in [-0.2, -0.15) is 0 Å². The Bertz CT molecular complexity index is 609. The number of aryl methyl sites for hydroxylation is 1. The number of carbonyl (C=O) groups excluding carboxylic acids is 2. The first-order valence-corrected chi connectivity index (χ1v) is 5.95. The zero-order valence-corrected chi connectivity index (χ0v) is 11.2. The summed E-state index contributed by atoms with van der Waals surface area (Å²) in [5, 5.41) is 6.20. The highest BCUT2D eigenvalue weighted by Gasteiger charge is 2.15. The van der Waals surface area contributed by atoms with E-state index in [4.69, 9.17) is 4.52 Å². The second kappa shape index (κ2) is 5.96. The fourth-order valence-electron chi connectivity index (χ4n) is 1.61. The maximum absolute atomic E-state index is 12.0. The van der Waals surface area contributed by atoms with Crippen LogP contribution >= 0.6 is 0 Å². The van der Waals surface area contributed by atoms with Crippen LogP contribution in [-0.2, 0) is 4.79 Å². The van der Waals surface area contributed by atoms with Crippen molar-refractivity contribution in [2.45, 2.75) is 6.92 Å². The molecule has 0 bridgehead atoms. The monoisotopic (exact) mass is 274 g/mol. The zero-order valence-electron chi connectivity index (χ0n) is 11.2. The van der Waals surface area contributed by atoms with Crippen molar-refractivity contribution < 1.29 is 14.1 Å². The lowest BCUT2D eigenvalue weighted by Crippen LogP contribution is -2.35. The van der Waals surface area contributed by atoms with E-state index < -0.39 is 0 Å². The van der Waals surface area contributed by atoms with Crippen LogP contribution in [0.2, 0.25) is 0 Å². The maximum atomic E-state index is 12.0. The first-order chi connectivity index (χ1) is 9.56. The molecule has 0 unspecified atom stereocenters. The molecule has 0 atom stereocenters. The van der Waals surface area contributed by atoms with E-state index in [1.165, 1.54) is 17.3 Å². The molecule has 0 aliphatic carbocycles. The van der Waals surface area contributed by atoms with Gasteiger partial charge in [0.25, 0.3) is 5.91 Å². The molecule has 0 aliphatic rings. The molecule has 1 N–H and O–H groups in total. The molecule has 2 aromatic rings. The standard InChI is InChI=1S/C13H14N4O3/c1-9-7-11(16-20-9)15-12(18)8-17(2)13(19)10-3-5-14-6-4-10/h3-7H,8H2,1-2H3,(H,15,16,18). The minimum atomic E-state index is -0.344. The molecule has 2 heterocycles. The van der Waals surface area contributed by atoms with E-state index >= 15 is 0 Å². The Kier molecular flexibility index (Phi) is 4.09. The normalized spacial score (nSPS) is 10.1. The molecule has 7 heteroatoms. The van der Waals surface area contributed by atoms with E-state index in [-0.39, 0.29) is 18.4 Å². The van der Waals surface area contributed by atoms with Gasteiger partial charge in [-0.1, -0.05) is 5.16 Å². The summed E-state index contributed by atoms with van der Waals surface area (Å²) < 4.78 is 4.83. The summed E-state index contributed by atoms with van der Waals surface area (Å²) in [5.74, 6) is 0.334. The van der Waals surface area contributed by atoms with E-state index in [9.17, 15) is 9.59 Å². The summed E-state index contributed by atoms with van der Waals surface area (Å²) in [6.07, 6.45) is 3.05. The number of rotatable bonds is 4. The molecule has 0 aromatic carbocycles. The Balaban J connectivity index is 1.92. The lowest BCUT2D eigenvalue weighted by Gasteiger charge is -2.16. The van der Waals surface area contributed by atoms with Gasteiger partial charge in [0.2, 0.25) is 5.91 Å². The molecule has 2 amide bonds. The highest BCUT2D eigenvalue weighted by Crippen LogP contribution is 2.07. The number of aromatic nitrogens is 2. The molecule has 2 aromatic heterocycles. The second-order valence-corrected chi connectivity index (χ2v) is 4.27. The molecule has 104 valence electrons. The van der Waals surface area contributed by atoms with Crippen LogP contribution in [0.3, 0.4) is 0 Å². The maximum Gasteiger partial charge on any atom is 0.254 e. The smallest absolute Gasteiger partial charge is 0.254 e. The van der Waals surface area contributed by atoms with Crippen LogP contribution in [0.5, 0.6) is 0 Å². The van der Waals surface area contributed by atoms with Gasteiger partial charge in [-0.05, 0) is 19.1 Å². The number of nitrogens with one attached hydrogen (secondary N) is 1. The molecule has 0 aliphatic heterocycles. The van der Waals surface area contributed by atoms with Crippen LogP contribution in [0.15, 0.2) is 35.1 Å². The minimum absolute atomic E-state index is 0.0763. The molecular formula is C13H14N4O3. The third-order valence-corrected chi connectivity index (χ3v) is 2.55. The van der Waals surface area contributed by atoms with Crippen molar-refractivity contribution in [3.05, 3.63) is 41.9 Å². The summed E-state index contributed by atoms with van der Waals surface area (Å²) in [5.41, 5.74) is 0.479. The van der Waals surface area contributed by atoms with Crippen LogP contribution < -0.4 is 5.32 Å². The van der Waals surface area contributed by atoms with Gasteiger partial charge in [-0.15, -0.1) is 0 Å². The number of nitrogens with zero attached hydrogens (tertiary/aromatic N) is 3. The average Bonchev–Trinajstić information content (AvgIpc) is 2.84. The molecule has 0 radical (unpaired) electrons. The Morgan fingerprint density at radius 2 is 2.05 bits per heavy atom. The number of carbonyl (C=O) groups is 2. The highest BCUT2D eigenvalue weighted by atomic mass is 16.5. The van der Waals surface area contributed by atoms with E-state index in [1.54, 1.807) is 32.2 Å². The van der Waals surface area contributed by atoms with Crippen LogP contribution in [0, 0.1) is 6.92 Å². The topological polar surface area (TPSA) is 88.3 Å². The molecule has 0 fully saturated rings. The van der Waals surface area contributed by atoms with E-state index in [0.717, 1.165) is 0 Å². The van der Waals surface area contributed by atoms with Crippen molar-refractivity contribution in [1.29, 1.82) is 0 Å². The summed E-state index contributed by atoms with van der Waals surface area (Å²) in [7, 11) is 1.55. The Morgan fingerprint density at radius 3 is 2.65 bits per heavy atom. The number of pyridine rings is 1. The van der Waals surface area contributed by atoms with Gasteiger partial charge in [0, 0.05) is 31.1 Å². The summed E-state index contributed by atoms with van der Waals surface area (Å²) in [6, 6.07) is 4.79. The molecule has 2 rings (SSSR count).